The van der Waals surface area contributed by atoms with Gasteiger partial charge in [0.15, 0.2) is 0 Å². The van der Waals surface area contributed by atoms with E-state index < -0.39 is 6.09 Å². The highest BCUT2D eigenvalue weighted by molar-refractivity contribution is 5.92. The summed E-state index contributed by atoms with van der Waals surface area (Å²) in [5.41, 5.74) is 3.31. The summed E-state index contributed by atoms with van der Waals surface area (Å²) in [6, 6.07) is 14.7. The van der Waals surface area contributed by atoms with Crippen molar-refractivity contribution in [3.63, 3.8) is 0 Å². The Bertz CT molecular complexity index is 797. The summed E-state index contributed by atoms with van der Waals surface area (Å²) in [6.07, 6.45) is -0.877. The van der Waals surface area contributed by atoms with Gasteiger partial charge in [-0.05, 0) is 42.4 Å². The Labute approximate surface area is 165 Å². The number of carboxylic acid groups (broad SMARTS) is 1. The molecule has 2 amide bonds. The maximum atomic E-state index is 12.2. The Hall–Kier alpha value is -2.90. The van der Waals surface area contributed by atoms with Gasteiger partial charge in [0.05, 0.1) is 6.42 Å². The minimum absolute atomic E-state index is 0.106. The highest BCUT2D eigenvalue weighted by atomic mass is 16.4. The summed E-state index contributed by atoms with van der Waals surface area (Å²) in [4.78, 5) is 27.6. The first kappa shape index (κ1) is 19.9. The molecule has 2 aromatic carbocycles. The number of hydrogen-bond donors (Lipinski definition) is 3. The number of piperazine rings is 1. The Morgan fingerprint density at radius 2 is 1.39 bits per heavy atom. The molecule has 28 heavy (non-hydrogen) atoms. The van der Waals surface area contributed by atoms with Crippen LogP contribution in [0.1, 0.15) is 11.1 Å². The van der Waals surface area contributed by atoms with E-state index >= 15 is 0 Å². The molecular weight excluding hydrogens is 356 g/mol. The zero-order valence-corrected chi connectivity index (χ0v) is 16.0. The fourth-order valence-corrected chi connectivity index (χ4v) is 3.18. The van der Waals surface area contributed by atoms with Crippen molar-refractivity contribution in [2.75, 3.05) is 43.9 Å². The van der Waals surface area contributed by atoms with Crippen molar-refractivity contribution < 1.29 is 14.7 Å². The minimum Gasteiger partial charge on any atom is -0.465 e. The Kier molecular flexibility index (Phi) is 6.62. The monoisotopic (exact) mass is 382 g/mol. The smallest absolute Gasteiger partial charge is 0.409 e. The molecule has 148 valence electrons. The molecule has 0 aromatic heterocycles. The first-order valence-corrected chi connectivity index (χ1v) is 9.36. The van der Waals surface area contributed by atoms with Crippen LogP contribution in [0.2, 0.25) is 0 Å². The van der Waals surface area contributed by atoms with Gasteiger partial charge in [0.2, 0.25) is 5.91 Å². The first-order chi connectivity index (χ1) is 13.5. The molecule has 0 spiro atoms. The van der Waals surface area contributed by atoms with E-state index in [4.69, 9.17) is 5.11 Å². The van der Waals surface area contributed by atoms with Crippen LogP contribution in [-0.2, 0) is 17.8 Å². The van der Waals surface area contributed by atoms with Crippen LogP contribution in [0.15, 0.2) is 48.5 Å². The van der Waals surface area contributed by atoms with Gasteiger partial charge in [0.1, 0.15) is 0 Å². The maximum absolute atomic E-state index is 12.2. The summed E-state index contributed by atoms with van der Waals surface area (Å²) in [5.74, 6) is -0.106. The number of nitrogens with one attached hydrogen (secondary N) is 2. The minimum atomic E-state index is -1.11. The van der Waals surface area contributed by atoms with Crippen molar-refractivity contribution in [3.8, 4) is 0 Å². The SMILES string of the molecule is CN1CCN(Cc2ccc(NC(=O)Cc3ccc(NC(=O)O)cc3)cc2)CC1. The molecule has 1 aliphatic rings. The lowest BCUT2D eigenvalue weighted by Gasteiger charge is -2.32. The van der Waals surface area contributed by atoms with E-state index in [-0.39, 0.29) is 12.3 Å². The number of rotatable bonds is 6. The Morgan fingerprint density at radius 3 is 1.96 bits per heavy atom. The summed E-state index contributed by atoms with van der Waals surface area (Å²) in [6.45, 7) is 5.29. The summed E-state index contributed by atoms with van der Waals surface area (Å²) >= 11 is 0. The number of benzene rings is 2. The van der Waals surface area contributed by atoms with E-state index in [1.165, 1.54) is 5.56 Å². The van der Waals surface area contributed by atoms with Crippen molar-refractivity contribution in [2.24, 2.45) is 0 Å². The Morgan fingerprint density at radius 1 is 0.857 bits per heavy atom. The molecule has 0 bridgehead atoms. The van der Waals surface area contributed by atoms with E-state index in [0.29, 0.717) is 5.69 Å². The van der Waals surface area contributed by atoms with E-state index in [2.05, 4.69) is 39.6 Å². The molecule has 1 aliphatic heterocycles. The van der Waals surface area contributed by atoms with Crippen LogP contribution in [0.25, 0.3) is 0 Å². The van der Waals surface area contributed by atoms with Gasteiger partial charge in [-0.3, -0.25) is 15.0 Å². The van der Waals surface area contributed by atoms with Gasteiger partial charge < -0.3 is 15.3 Å². The van der Waals surface area contributed by atoms with E-state index in [1.54, 1.807) is 24.3 Å². The molecule has 2 aromatic rings. The van der Waals surface area contributed by atoms with Gasteiger partial charge >= 0.3 is 6.09 Å². The molecule has 0 unspecified atom stereocenters. The highest BCUT2D eigenvalue weighted by Gasteiger charge is 2.13. The third kappa shape index (κ3) is 6.07. The topological polar surface area (TPSA) is 84.9 Å². The second-order valence-electron chi connectivity index (χ2n) is 7.13. The van der Waals surface area contributed by atoms with Gasteiger partial charge in [0.25, 0.3) is 0 Å². The molecule has 3 rings (SSSR count). The Balaban J connectivity index is 1.48. The lowest BCUT2D eigenvalue weighted by Crippen LogP contribution is -2.43. The number of hydrogen-bond acceptors (Lipinski definition) is 4. The molecular formula is C21H26N4O3. The fraction of sp³-hybridized carbons (Fsp3) is 0.333. The average molecular weight is 382 g/mol. The van der Waals surface area contributed by atoms with Gasteiger partial charge in [-0.15, -0.1) is 0 Å². The predicted octanol–water partition coefficient (Wildman–Crippen LogP) is 2.71. The summed E-state index contributed by atoms with van der Waals surface area (Å²) < 4.78 is 0. The molecule has 7 heteroatoms. The summed E-state index contributed by atoms with van der Waals surface area (Å²) in [5, 5.41) is 13.9. The van der Waals surface area contributed by atoms with Crippen LogP contribution in [-0.4, -0.2) is 60.1 Å². The van der Waals surface area contributed by atoms with Crippen molar-refractivity contribution in [1.82, 2.24) is 9.80 Å². The zero-order valence-electron chi connectivity index (χ0n) is 16.0. The van der Waals surface area contributed by atoms with Gasteiger partial charge in [-0.1, -0.05) is 24.3 Å². The second-order valence-corrected chi connectivity index (χ2v) is 7.13. The molecule has 0 saturated carbocycles. The van der Waals surface area contributed by atoms with Crippen LogP contribution < -0.4 is 10.6 Å². The number of likely N-dealkylation sites (N-methyl/N-ethyl adjacent to an activating group) is 1. The normalized spacial score (nSPS) is 15.2. The van der Waals surface area contributed by atoms with Crippen molar-refractivity contribution in [3.05, 3.63) is 59.7 Å². The average Bonchev–Trinajstić information content (AvgIpc) is 2.66. The fourth-order valence-electron chi connectivity index (χ4n) is 3.18. The van der Waals surface area contributed by atoms with Crippen LogP contribution in [0, 0.1) is 0 Å². The molecule has 0 radical (unpaired) electrons. The predicted molar refractivity (Wildman–Crippen MR) is 110 cm³/mol. The lowest BCUT2D eigenvalue weighted by atomic mass is 10.1. The molecule has 0 aliphatic carbocycles. The van der Waals surface area contributed by atoms with Crippen molar-refractivity contribution in [1.29, 1.82) is 0 Å². The number of amides is 2. The highest BCUT2D eigenvalue weighted by Crippen LogP contribution is 2.14. The van der Waals surface area contributed by atoms with Crippen molar-refractivity contribution >= 4 is 23.4 Å². The number of nitrogens with zero attached hydrogens (tertiary/aromatic N) is 2. The van der Waals surface area contributed by atoms with Crippen LogP contribution in [0.4, 0.5) is 16.2 Å². The third-order valence-corrected chi connectivity index (χ3v) is 4.81. The quantitative estimate of drug-likeness (QED) is 0.715. The molecule has 7 nitrogen and oxygen atoms in total. The van der Waals surface area contributed by atoms with Crippen LogP contribution in [0.3, 0.4) is 0 Å². The standard InChI is InChI=1S/C21H26N4O3/c1-24-10-12-25(13-11-24)15-17-4-8-18(9-5-17)22-20(26)14-16-2-6-19(7-3-16)23-21(27)28/h2-9,23H,10-15H2,1H3,(H,22,26)(H,27,28). The lowest BCUT2D eigenvalue weighted by molar-refractivity contribution is -0.115. The third-order valence-electron chi connectivity index (χ3n) is 4.81. The number of carbonyl (C=O) groups is 2. The maximum Gasteiger partial charge on any atom is 0.409 e. The summed E-state index contributed by atoms with van der Waals surface area (Å²) in [7, 11) is 2.15. The van der Waals surface area contributed by atoms with Gasteiger partial charge in [-0.2, -0.15) is 0 Å². The number of anilines is 2. The molecule has 3 N–H and O–H groups in total. The van der Waals surface area contributed by atoms with Gasteiger partial charge in [0, 0.05) is 44.1 Å². The van der Waals surface area contributed by atoms with E-state index in [9.17, 15) is 9.59 Å². The van der Waals surface area contributed by atoms with E-state index in [1.807, 2.05) is 12.1 Å². The zero-order chi connectivity index (χ0) is 19.9. The van der Waals surface area contributed by atoms with Gasteiger partial charge in [-0.25, -0.2) is 4.79 Å². The molecule has 1 heterocycles. The number of carbonyl (C=O) groups excluding carboxylic acids is 1. The largest absolute Gasteiger partial charge is 0.465 e. The molecule has 0 atom stereocenters. The van der Waals surface area contributed by atoms with E-state index in [0.717, 1.165) is 44.0 Å². The molecule has 1 fully saturated rings. The second kappa shape index (κ2) is 9.34. The van der Waals surface area contributed by atoms with Crippen LogP contribution in [0.5, 0.6) is 0 Å². The van der Waals surface area contributed by atoms with Crippen molar-refractivity contribution in [2.45, 2.75) is 13.0 Å². The first-order valence-electron chi connectivity index (χ1n) is 9.36. The molecule has 1 saturated heterocycles. The van der Waals surface area contributed by atoms with Crippen LogP contribution >= 0.6 is 0 Å².